The van der Waals surface area contributed by atoms with Crippen LogP contribution >= 0.6 is 22.6 Å². The summed E-state index contributed by atoms with van der Waals surface area (Å²) in [5.74, 6) is 1.71. The second kappa shape index (κ2) is 8.72. The van der Waals surface area contributed by atoms with Crippen LogP contribution in [-0.4, -0.2) is 32.3 Å². The molecule has 7 heteroatoms. The second-order valence-electron chi connectivity index (χ2n) is 4.90. The van der Waals surface area contributed by atoms with E-state index in [1.54, 1.807) is 19.2 Å². The van der Waals surface area contributed by atoms with Crippen molar-refractivity contribution in [1.29, 1.82) is 0 Å². The monoisotopic (exact) mass is 441 g/mol. The van der Waals surface area contributed by atoms with E-state index < -0.39 is 0 Å². The highest BCUT2D eigenvalue weighted by molar-refractivity contribution is 14.1. The largest absolute Gasteiger partial charge is 0.496 e. The van der Waals surface area contributed by atoms with E-state index in [1.165, 1.54) is 6.21 Å². The molecule has 0 saturated heterocycles. The van der Waals surface area contributed by atoms with Crippen LogP contribution in [0.15, 0.2) is 39.9 Å². The number of furan rings is 1. The normalized spacial score (nSPS) is 10.8. The fraction of sp³-hybridized carbons (Fsp3) is 0.294. The summed E-state index contributed by atoms with van der Waals surface area (Å²) in [6, 6.07) is 8.93. The fourth-order valence-electron chi connectivity index (χ4n) is 2.14. The number of carbonyl (C=O) groups is 1. The minimum atomic E-state index is -0.309. The minimum absolute atomic E-state index is 0.309. The van der Waals surface area contributed by atoms with Crippen LogP contribution in [0.25, 0.3) is 0 Å². The quantitative estimate of drug-likeness (QED) is 0.406. The van der Waals surface area contributed by atoms with Gasteiger partial charge in [-0.05, 0) is 60.7 Å². The summed E-state index contributed by atoms with van der Waals surface area (Å²) in [6.07, 6.45) is 1.48. The zero-order valence-electron chi connectivity index (χ0n) is 13.9. The van der Waals surface area contributed by atoms with Crippen molar-refractivity contribution in [3.05, 3.63) is 45.2 Å². The van der Waals surface area contributed by atoms with Crippen LogP contribution < -0.4 is 15.1 Å². The van der Waals surface area contributed by atoms with E-state index in [0.29, 0.717) is 17.1 Å². The number of hydrazone groups is 1. The molecule has 1 aromatic carbocycles. The molecule has 1 amide bonds. The molecule has 0 atom stereocenters. The molecule has 1 aromatic heterocycles. The van der Waals surface area contributed by atoms with E-state index in [-0.39, 0.29) is 5.91 Å². The molecule has 2 aromatic rings. The number of halogens is 1. The van der Waals surface area contributed by atoms with Gasteiger partial charge in [-0.3, -0.25) is 4.79 Å². The topological polar surface area (TPSA) is 67.1 Å². The van der Waals surface area contributed by atoms with E-state index in [4.69, 9.17) is 9.15 Å². The smallest absolute Gasteiger partial charge is 0.271 e. The highest BCUT2D eigenvalue weighted by Crippen LogP contribution is 2.21. The average molecular weight is 441 g/mol. The summed E-state index contributed by atoms with van der Waals surface area (Å²) in [7, 11) is 1.57. The third kappa shape index (κ3) is 4.50. The summed E-state index contributed by atoms with van der Waals surface area (Å²) in [5.41, 5.74) is 2.96. The maximum atomic E-state index is 12.1. The Morgan fingerprint density at radius 1 is 1.33 bits per heavy atom. The van der Waals surface area contributed by atoms with Crippen LogP contribution in [-0.2, 0) is 0 Å². The number of ether oxygens (including phenoxy) is 1. The molecule has 1 heterocycles. The van der Waals surface area contributed by atoms with Gasteiger partial charge in [0.15, 0.2) is 5.88 Å². The Morgan fingerprint density at radius 2 is 2.08 bits per heavy atom. The van der Waals surface area contributed by atoms with Crippen LogP contribution in [0, 0.1) is 3.57 Å². The van der Waals surface area contributed by atoms with Crippen molar-refractivity contribution >= 4 is 40.6 Å². The number of nitrogens with one attached hydrogen (secondary N) is 1. The SMILES string of the molecule is CCN(CC)c1ccc(C=NNC(=O)c2ccc(I)c(OC)c2)o1. The fourth-order valence-corrected chi connectivity index (χ4v) is 2.69. The number of amides is 1. The van der Waals surface area contributed by atoms with Crippen molar-refractivity contribution in [1.82, 2.24) is 5.43 Å². The third-order valence-corrected chi connectivity index (χ3v) is 4.35. The number of methoxy groups -OCH3 is 1. The molecular weight excluding hydrogens is 421 g/mol. The third-order valence-electron chi connectivity index (χ3n) is 3.46. The first-order valence-electron chi connectivity index (χ1n) is 7.60. The first-order chi connectivity index (χ1) is 11.6. The van der Waals surface area contributed by atoms with Crippen molar-refractivity contribution in [2.75, 3.05) is 25.1 Å². The van der Waals surface area contributed by atoms with Crippen LogP contribution in [0.1, 0.15) is 30.0 Å². The Balaban J connectivity index is 2.00. The molecule has 0 bridgehead atoms. The van der Waals surface area contributed by atoms with Crippen LogP contribution in [0.5, 0.6) is 5.75 Å². The number of anilines is 1. The highest BCUT2D eigenvalue weighted by Gasteiger charge is 2.09. The maximum absolute atomic E-state index is 12.1. The van der Waals surface area contributed by atoms with Crippen molar-refractivity contribution in [3.8, 4) is 5.75 Å². The van der Waals surface area contributed by atoms with Crippen molar-refractivity contribution < 1.29 is 13.9 Å². The Bertz CT molecular complexity index is 724. The number of rotatable bonds is 7. The standard InChI is InChI=1S/C17H20IN3O3/c1-4-21(5-2)16-9-7-13(24-16)11-19-20-17(22)12-6-8-14(18)15(10-12)23-3/h6-11H,4-5H2,1-3H3,(H,20,22). The number of benzene rings is 1. The first kappa shape index (κ1) is 18.3. The summed E-state index contributed by atoms with van der Waals surface area (Å²) < 4.78 is 11.8. The van der Waals surface area contributed by atoms with Gasteiger partial charge in [0.1, 0.15) is 11.5 Å². The van der Waals surface area contributed by atoms with Gasteiger partial charge in [0.05, 0.1) is 16.9 Å². The van der Waals surface area contributed by atoms with Gasteiger partial charge in [-0.1, -0.05) is 0 Å². The Hall–Kier alpha value is -2.03. The predicted octanol–water partition coefficient (Wildman–Crippen LogP) is 3.50. The molecule has 0 aliphatic rings. The van der Waals surface area contributed by atoms with Crippen molar-refractivity contribution in [2.45, 2.75) is 13.8 Å². The van der Waals surface area contributed by atoms with Gasteiger partial charge in [-0.2, -0.15) is 5.10 Å². The maximum Gasteiger partial charge on any atom is 0.271 e. The van der Waals surface area contributed by atoms with Gasteiger partial charge in [0.2, 0.25) is 0 Å². The van der Waals surface area contributed by atoms with E-state index >= 15 is 0 Å². The number of nitrogens with zero attached hydrogens (tertiary/aromatic N) is 2. The van der Waals surface area contributed by atoms with Crippen LogP contribution in [0.2, 0.25) is 0 Å². The molecular formula is C17H20IN3O3. The lowest BCUT2D eigenvalue weighted by molar-refractivity contribution is 0.0954. The molecule has 0 radical (unpaired) electrons. The molecule has 0 aliphatic carbocycles. The van der Waals surface area contributed by atoms with Gasteiger partial charge in [0, 0.05) is 24.7 Å². The highest BCUT2D eigenvalue weighted by atomic mass is 127. The number of carbonyl (C=O) groups excluding carboxylic acids is 1. The molecule has 0 fully saturated rings. The van der Waals surface area contributed by atoms with Gasteiger partial charge >= 0.3 is 0 Å². The molecule has 128 valence electrons. The molecule has 2 rings (SSSR count). The molecule has 0 saturated carbocycles. The first-order valence-corrected chi connectivity index (χ1v) is 8.68. The molecule has 0 aliphatic heterocycles. The molecule has 0 spiro atoms. The van der Waals surface area contributed by atoms with Crippen LogP contribution in [0.4, 0.5) is 5.88 Å². The zero-order valence-corrected chi connectivity index (χ0v) is 16.0. The van der Waals surface area contributed by atoms with E-state index in [0.717, 1.165) is 22.5 Å². The van der Waals surface area contributed by atoms with Gasteiger partial charge < -0.3 is 14.1 Å². The Morgan fingerprint density at radius 3 is 2.75 bits per heavy atom. The van der Waals surface area contributed by atoms with E-state index in [9.17, 15) is 4.79 Å². The zero-order chi connectivity index (χ0) is 17.5. The van der Waals surface area contributed by atoms with Crippen LogP contribution in [0.3, 0.4) is 0 Å². The van der Waals surface area contributed by atoms with Gasteiger partial charge in [-0.15, -0.1) is 0 Å². The summed E-state index contributed by atoms with van der Waals surface area (Å²) in [5, 5.41) is 3.94. The second-order valence-corrected chi connectivity index (χ2v) is 6.06. The lowest BCUT2D eigenvalue weighted by Gasteiger charge is -2.16. The summed E-state index contributed by atoms with van der Waals surface area (Å²) in [4.78, 5) is 14.2. The summed E-state index contributed by atoms with van der Waals surface area (Å²) in [6.45, 7) is 5.86. The van der Waals surface area contributed by atoms with E-state index in [1.807, 2.05) is 18.2 Å². The Labute approximate surface area is 155 Å². The molecule has 0 unspecified atom stereocenters. The number of hydrogen-bond acceptors (Lipinski definition) is 5. The average Bonchev–Trinajstić information content (AvgIpc) is 3.05. The van der Waals surface area contributed by atoms with E-state index in [2.05, 4.69) is 51.9 Å². The Kier molecular flexibility index (Phi) is 6.65. The lowest BCUT2D eigenvalue weighted by Crippen LogP contribution is -2.20. The van der Waals surface area contributed by atoms with Gasteiger partial charge in [0.25, 0.3) is 5.91 Å². The molecule has 6 nitrogen and oxygen atoms in total. The predicted molar refractivity (Wildman–Crippen MR) is 103 cm³/mol. The van der Waals surface area contributed by atoms with Gasteiger partial charge in [-0.25, -0.2) is 5.43 Å². The molecule has 24 heavy (non-hydrogen) atoms. The van der Waals surface area contributed by atoms with Crippen molar-refractivity contribution in [3.63, 3.8) is 0 Å². The summed E-state index contributed by atoms with van der Waals surface area (Å²) >= 11 is 2.15. The van der Waals surface area contributed by atoms with Crippen molar-refractivity contribution in [2.24, 2.45) is 5.10 Å². The number of hydrogen-bond donors (Lipinski definition) is 1. The molecule has 1 N–H and O–H groups in total. The minimum Gasteiger partial charge on any atom is -0.496 e. The lowest BCUT2D eigenvalue weighted by atomic mass is 10.2.